The number of nitrogens with one attached hydrogen (secondary N) is 1. The Hall–Kier alpha value is -2.62. The third kappa shape index (κ3) is 4.00. The van der Waals surface area contributed by atoms with Crippen molar-refractivity contribution >= 4 is 10.9 Å². The van der Waals surface area contributed by atoms with E-state index in [2.05, 4.69) is 37.2 Å². The molecule has 2 aromatic heterocycles. The fourth-order valence-corrected chi connectivity index (χ4v) is 4.18. The average molecular weight is 412 g/mol. The summed E-state index contributed by atoms with van der Waals surface area (Å²) in [5, 5.41) is 13.4. The molecule has 1 aromatic carbocycles. The van der Waals surface area contributed by atoms with Gasteiger partial charge in [-0.15, -0.1) is 5.10 Å². The Morgan fingerprint density at radius 1 is 1.23 bits per heavy atom. The Morgan fingerprint density at radius 2 is 2.03 bits per heavy atom. The predicted molar refractivity (Wildman–Crippen MR) is 115 cm³/mol. The number of likely N-dealkylation sites (N-methyl/N-ethyl adjacent to an activating group) is 1. The normalized spacial score (nSPS) is 16.9. The number of H-pyrrole nitrogens is 1. The van der Waals surface area contributed by atoms with Gasteiger partial charge in [0.2, 0.25) is 0 Å². The van der Waals surface area contributed by atoms with Crippen LogP contribution in [0.3, 0.4) is 0 Å². The molecular formula is C21H29N7O2. The first kappa shape index (κ1) is 20.6. The summed E-state index contributed by atoms with van der Waals surface area (Å²) in [7, 11) is 1.65. The number of aromatic nitrogens is 5. The van der Waals surface area contributed by atoms with Crippen LogP contribution in [-0.4, -0.2) is 81.4 Å². The maximum atomic E-state index is 13.2. The highest BCUT2D eigenvalue weighted by atomic mass is 16.5. The summed E-state index contributed by atoms with van der Waals surface area (Å²) >= 11 is 0. The lowest BCUT2D eigenvalue weighted by Gasteiger charge is -2.38. The number of fused-ring (bicyclic) bond motifs is 1. The Labute approximate surface area is 175 Å². The molecule has 1 N–H and O–H groups in total. The van der Waals surface area contributed by atoms with E-state index in [9.17, 15) is 4.79 Å². The molecular weight excluding hydrogens is 382 g/mol. The van der Waals surface area contributed by atoms with Gasteiger partial charge in [0.1, 0.15) is 6.04 Å². The van der Waals surface area contributed by atoms with Crippen LogP contribution in [0.5, 0.6) is 0 Å². The molecule has 4 rings (SSSR count). The quantitative estimate of drug-likeness (QED) is 0.624. The van der Waals surface area contributed by atoms with Gasteiger partial charge in [-0.2, -0.15) is 0 Å². The van der Waals surface area contributed by atoms with Gasteiger partial charge in [-0.3, -0.25) is 9.69 Å². The van der Waals surface area contributed by atoms with Gasteiger partial charge in [0.15, 0.2) is 5.82 Å². The second kappa shape index (κ2) is 9.03. The van der Waals surface area contributed by atoms with Gasteiger partial charge in [0, 0.05) is 38.9 Å². The summed E-state index contributed by atoms with van der Waals surface area (Å²) in [5.74, 6) is 0.675. The van der Waals surface area contributed by atoms with Gasteiger partial charge in [-0.05, 0) is 40.9 Å². The molecule has 0 amide bonds. The highest BCUT2D eigenvalue weighted by Gasteiger charge is 2.32. The number of ether oxygens (including phenoxy) is 1. The van der Waals surface area contributed by atoms with E-state index in [0.29, 0.717) is 24.5 Å². The summed E-state index contributed by atoms with van der Waals surface area (Å²) < 4.78 is 6.97. The molecule has 0 aliphatic carbocycles. The predicted octanol–water partition coefficient (Wildman–Crippen LogP) is 1.20. The zero-order valence-corrected chi connectivity index (χ0v) is 17.8. The number of benzene rings is 1. The van der Waals surface area contributed by atoms with Crippen molar-refractivity contribution in [3.8, 4) is 0 Å². The Balaban J connectivity index is 1.80. The lowest BCUT2D eigenvalue weighted by molar-refractivity contribution is 0.106. The van der Waals surface area contributed by atoms with Crippen LogP contribution in [0.2, 0.25) is 0 Å². The molecule has 0 radical (unpaired) electrons. The van der Waals surface area contributed by atoms with Crippen LogP contribution in [0.15, 0.2) is 29.1 Å². The third-order valence-electron chi connectivity index (χ3n) is 5.94. The first-order chi connectivity index (χ1) is 14.6. The van der Waals surface area contributed by atoms with Gasteiger partial charge >= 0.3 is 0 Å². The molecule has 0 unspecified atom stereocenters. The zero-order chi connectivity index (χ0) is 21.1. The summed E-state index contributed by atoms with van der Waals surface area (Å²) in [6.45, 7) is 9.85. The van der Waals surface area contributed by atoms with Crippen LogP contribution in [0.4, 0.5) is 0 Å². The van der Waals surface area contributed by atoms with E-state index in [1.54, 1.807) is 11.8 Å². The van der Waals surface area contributed by atoms with Crippen LogP contribution < -0.4 is 5.56 Å². The van der Waals surface area contributed by atoms with Crippen molar-refractivity contribution in [2.75, 3.05) is 46.4 Å². The minimum atomic E-state index is -0.315. The SMILES string of the molecule is CCN1CCN([C@H](c2cc3cccc(C)c3[nH]c2=O)c2nnnn2CCOC)CC1. The third-order valence-corrected chi connectivity index (χ3v) is 5.94. The largest absolute Gasteiger partial charge is 0.383 e. The number of hydrogen-bond donors (Lipinski definition) is 1. The number of rotatable bonds is 7. The highest BCUT2D eigenvalue weighted by Crippen LogP contribution is 2.28. The molecule has 1 fully saturated rings. The van der Waals surface area contributed by atoms with Crippen LogP contribution in [-0.2, 0) is 11.3 Å². The van der Waals surface area contributed by atoms with Crippen LogP contribution in [0.1, 0.15) is 29.9 Å². The number of tetrazole rings is 1. The van der Waals surface area contributed by atoms with Gasteiger partial charge in [-0.25, -0.2) is 4.68 Å². The van der Waals surface area contributed by atoms with E-state index in [1.165, 1.54) is 0 Å². The Morgan fingerprint density at radius 3 is 2.77 bits per heavy atom. The van der Waals surface area contributed by atoms with Crippen molar-refractivity contribution in [1.29, 1.82) is 0 Å². The van der Waals surface area contributed by atoms with E-state index in [0.717, 1.165) is 49.2 Å². The van der Waals surface area contributed by atoms with Gasteiger partial charge < -0.3 is 14.6 Å². The number of nitrogens with zero attached hydrogens (tertiary/aromatic N) is 6. The average Bonchev–Trinajstić information content (AvgIpc) is 3.22. The summed E-state index contributed by atoms with van der Waals surface area (Å²) in [4.78, 5) is 21.0. The molecule has 160 valence electrons. The van der Waals surface area contributed by atoms with Crippen molar-refractivity contribution < 1.29 is 4.74 Å². The first-order valence-electron chi connectivity index (χ1n) is 10.5. The topological polar surface area (TPSA) is 92.2 Å². The molecule has 1 saturated heterocycles. The molecule has 3 aromatic rings. The number of para-hydroxylation sites is 1. The molecule has 0 saturated carbocycles. The van der Waals surface area contributed by atoms with Crippen molar-refractivity contribution in [3.05, 3.63) is 51.6 Å². The number of piperazine rings is 1. The van der Waals surface area contributed by atoms with E-state index >= 15 is 0 Å². The standard InChI is InChI=1S/C21H29N7O2/c1-4-26-8-10-27(11-9-26)19(20-23-24-25-28(20)12-13-30-3)17-14-16-7-5-6-15(2)18(16)22-21(17)29/h5-7,14,19H,4,8-13H2,1-3H3,(H,22,29)/t19-/m1/s1. The molecule has 1 aliphatic rings. The van der Waals surface area contributed by atoms with Gasteiger partial charge in [-0.1, -0.05) is 25.1 Å². The van der Waals surface area contributed by atoms with E-state index < -0.39 is 0 Å². The maximum absolute atomic E-state index is 13.2. The Kier molecular flexibility index (Phi) is 6.21. The minimum absolute atomic E-state index is 0.0963. The fraction of sp³-hybridized carbons (Fsp3) is 0.524. The lowest BCUT2D eigenvalue weighted by atomic mass is 10.0. The second-order valence-corrected chi connectivity index (χ2v) is 7.72. The minimum Gasteiger partial charge on any atom is -0.383 e. The molecule has 30 heavy (non-hydrogen) atoms. The van der Waals surface area contributed by atoms with E-state index in [1.807, 2.05) is 31.2 Å². The maximum Gasteiger partial charge on any atom is 0.253 e. The molecule has 1 aliphatic heterocycles. The Bertz CT molecular complexity index is 1050. The summed E-state index contributed by atoms with van der Waals surface area (Å²) in [5.41, 5.74) is 2.50. The molecule has 3 heterocycles. The smallest absolute Gasteiger partial charge is 0.253 e. The van der Waals surface area contributed by atoms with Crippen LogP contribution in [0.25, 0.3) is 10.9 Å². The van der Waals surface area contributed by atoms with Crippen molar-refractivity contribution in [1.82, 2.24) is 35.0 Å². The van der Waals surface area contributed by atoms with Crippen molar-refractivity contribution in [2.24, 2.45) is 0 Å². The molecule has 0 bridgehead atoms. The van der Waals surface area contributed by atoms with Gasteiger partial charge in [0.25, 0.3) is 5.56 Å². The highest BCUT2D eigenvalue weighted by molar-refractivity contribution is 5.82. The van der Waals surface area contributed by atoms with E-state index in [4.69, 9.17) is 4.74 Å². The summed E-state index contributed by atoms with van der Waals surface area (Å²) in [6, 6.07) is 7.72. The van der Waals surface area contributed by atoms with Crippen LogP contribution in [0, 0.1) is 6.92 Å². The zero-order valence-electron chi connectivity index (χ0n) is 17.8. The van der Waals surface area contributed by atoms with Crippen molar-refractivity contribution in [2.45, 2.75) is 26.4 Å². The first-order valence-corrected chi connectivity index (χ1v) is 10.5. The second-order valence-electron chi connectivity index (χ2n) is 7.72. The fourth-order valence-electron chi connectivity index (χ4n) is 4.18. The van der Waals surface area contributed by atoms with Crippen molar-refractivity contribution in [3.63, 3.8) is 0 Å². The lowest BCUT2D eigenvalue weighted by Crippen LogP contribution is -2.49. The number of aromatic amines is 1. The number of aryl methyl sites for hydroxylation is 1. The van der Waals surface area contributed by atoms with Crippen LogP contribution >= 0.6 is 0 Å². The van der Waals surface area contributed by atoms with E-state index in [-0.39, 0.29) is 11.6 Å². The molecule has 1 atom stereocenters. The number of pyridine rings is 1. The number of methoxy groups -OCH3 is 1. The summed E-state index contributed by atoms with van der Waals surface area (Å²) in [6.07, 6.45) is 0. The molecule has 9 nitrogen and oxygen atoms in total. The monoisotopic (exact) mass is 411 g/mol. The number of hydrogen-bond acceptors (Lipinski definition) is 7. The van der Waals surface area contributed by atoms with Gasteiger partial charge in [0.05, 0.1) is 18.7 Å². The molecule has 0 spiro atoms. The molecule has 9 heteroatoms.